The molecular formula is C14H20N2O3S. The summed E-state index contributed by atoms with van der Waals surface area (Å²) in [5, 5.41) is 0. The van der Waals surface area contributed by atoms with Crippen LogP contribution in [-0.4, -0.2) is 45.3 Å². The van der Waals surface area contributed by atoms with Crippen molar-refractivity contribution in [2.45, 2.75) is 30.7 Å². The molecule has 1 heterocycles. The number of hydrogen-bond acceptors (Lipinski definition) is 4. The lowest BCUT2D eigenvalue weighted by molar-refractivity contribution is -0.116. The van der Waals surface area contributed by atoms with Gasteiger partial charge in [-0.2, -0.15) is 0 Å². The Morgan fingerprint density at radius 2 is 2.00 bits per heavy atom. The number of likely N-dealkylation sites (tertiary alicyclic amines) is 1. The van der Waals surface area contributed by atoms with Crippen LogP contribution in [0.1, 0.15) is 18.9 Å². The molecule has 1 aromatic rings. The molecule has 1 saturated heterocycles. The Morgan fingerprint density at radius 1 is 1.35 bits per heavy atom. The van der Waals surface area contributed by atoms with E-state index >= 15 is 0 Å². The Hall–Kier alpha value is -1.24. The minimum atomic E-state index is -3.47. The molecule has 1 fully saturated rings. The van der Waals surface area contributed by atoms with E-state index in [0.29, 0.717) is 6.42 Å². The second kappa shape index (κ2) is 6.03. The average Bonchev–Trinajstić information content (AvgIpc) is 2.74. The fraction of sp³-hybridized carbons (Fsp3) is 0.500. The lowest BCUT2D eigenvalue weighted by atomic mass is 10.1. The molecule has 0 spiro atoms. The first-order valence-electron chi connectivity index (χ1n) is 6.66. The van der Waals surface area contributed by atoms with Gasteiger partial charge in [0.2, 0.25) is 10.0 Å². The number of hydrogen-bond donors (Lipinski definition) is 1. The topological polar surface area (TPSA) is 66.5 Å². The number of carbonyl (C=O) groups excluding carboxylic acids is 1. The second-order valence-corrected chi connectivity index (χ2v) is 7.11. The highest BCUT2D eigenvalue weighted by atomic mass is 32.2. The fourth-order valence-corrected chi connectivity index (χ4v) is 3.65. The third-order valence-corrected chi connectivity index (χ3v) is 4.94. The highest BCUT2D eigenvalue weighted by molar-refractivity contribution is 7.89. The molecule has 1 aliphatic heterocycles. The number of ketones is 1. The molecule has 0 aromatic heterocycles. The Bertz CT molecular complexity index is 581. The van der Waals surface area contributed by atoms with Crippen LogP contribution < -0.4 is 4.72 Å². The van der Waals surface area contributed by atoms with Gasteiger partial charge < -0.3 is 4.90 Å². The summed E-state index contributed by atoms with van der Waals surface area (Å²) < 4.78 is 27.2. The summed E-state index contributed by atoms with van der Waals surface area (Å²) in [5.41, 5.74) is 0.831. The molecule has 2 rings (SSSR count). The lowest BCUT2D eigenvalue weighted by Gasteiger charge is -2.13. The summed E-state index contributed by atoms with van der Waals surface area (Å²) in [7, 11) is -1.50. The summed E-state index contributed by atoms with van der Waals surface area (Å²) in [6, 6.07) is 6.47. The number of likely N-dealkylation sites (N-methyl/N-ethyl adjacent to an activating group) is 1. The molecular weight excluding hydrogens is 276 g/mol. The molecule has 0 amide bonds. The molecule has 0 bridgehead atoms. The third kappa shape index (κ3) is 3.88. The van der Waals surface area contributed by atoms with Crippen LogP contribution in [-0.2, 0) is 21.2 Å². The van der Waals surface area contributed by atoms with E-state index in [1.165, 1.54) is 6.92 Å². The van der Waals surface area contributed by atoms with Crippen molar-refractivity contribution in [3.05, 3.63) is 29.8 Å². The van der Waals surface area contributed by atoms with E-state index in [9.17, 15) is 13.2 Å². The van der Waals surface area contributed by atoms with Gasteiger partial charge >= 0.3 is 0 Å². The van der Waals surface area contributed by atoms with Gasteiger partial charge in [0, 0.05) is 19.0 Å². The van der Waals surface area contributed by atoms with Crippen LogP contribution in [0.2, 0.25) is 0 Å². The van der Waals surface area contributed by atoms with Crippen molar-refractivity contribution < 1.29 is 13.2 Å². The van der Waals surface area contributed by atoms with Crippen molar-refractivity contribution in [2.24, 2.45) is 0 Å². The van der Waals surface area contributed by atoms with Crippen molar-refractivity contribution in [1.29, 1.82) is 0 Å². The lowest BCUT2D eigenvalue weighted by Crippen LogP contribution is -2.36. The van der Waals surface area contributed by atoms with E-state index < -0.39 is 10.0 Å². The Kier molecular flexibility index (Phi) is 4.57. The van der Waals surface area contributed by atoms with Gasteiger partial charge in [0.1, 0.15) is 5.78 Å². The molecule has 1 N–H and O–H groups in total. The standard InChI is InChI=1S/C14H20N2O3S/c1-11(17)9-12-3-5-14(6-4-12)20(18,19)15-13-7-8-16(2)10-13/h3-6,13,15H,7-10H2,1-2H3/t13-/m1/s1. The van der Waals surface area contributed by atoms with Gasteiger partial charge in [-0.15, -0.1) is 0 Å². The maximum atomic E-state index is 12.2. The first-order chi connectivity index (χ1) is 9.37. The molecule has 6 heteroatoms. The minimum absolute atomic E-state index is 0.0260. The van der Waals surface area contributed by atoms with Crippen LogP contribution in [0.5, 0.6) is 0 Å². The SMILES string of the molecule is CC(=O)Cc1ccc(S(=O)(=O)N[C@@H]2CCN(C)C2)cc1. The summed E-state index contributed by atoms with van der Waals surface area (Å²) in [4.78, 5) is 13.4. The van der Waals surface area contributed by atoms with Gasteiger partial charge in [-0.1, -0.05) is 12.1 Å². The Morgan fingerprint density at radius 3 is 2.50 bits per heavy atom. The van der Waals surface area contributed by atoms with Gasteiger partial charge in [0.05, 0.1) is 4.90 Å². The van der Waals surface area contributed by atoms with Crippen molar-refractivity contribution in [1.82, 2.24) is 9.62 Å². The van der Waals surface area contributed by atoms with Crippen molar-refractivity contribution in [3.8, 4) is 0 Å². The largest absolute Gasteiger partial charge is 0.305 e. The number of rotatable bonds is 5. The highest BCUT2D eigenvalue weighted by Crippen LogP contribution is 2.14. The minimum Gasteiger partial charge on any atom is -0.305 e. The summed E-state index contributed by atoms with van der Waals surface area (Å²) in [5.74, 6) is 0.0627. The number of carbonyl (C=O) groups is 1. The van der Waals surface area contributed by atoms with Crippen LogP contribution in [0, 0.1) is 0 Å². The maximum absolute atomic E-state index is 12.2. The fourth-order valence-electron chi connectivity index (χ4n) is 2.39. The van der Waals surface area contributed by atoms with Gasteiger partial charge in [-0.3, -0.25) is 4.79 Å². The number of Topliss-reactive ketones (excluding diaryl/α,β-unsaturated/α-hetero) is 1. The highest BCUT2D eigenvalue weighted by Gasteiger charge is 2.25. The van der Waals surface area contributed by atoms with E-state index in [-0.39, 0.29) is 16.7 Å². The molecule has 0 unspecified atom stereocenters. The molecule has 1 aliphatic rings. The van der Waals surface area contributed by atoms with E-state index in [4.69, 9.17) is 0 Å². The van der Waals surface area contributed by atoms with Crippen LogP contribution >= 0.6 is 0 Å². The van der Waals surface area contributed by atoms with Crippen LogP contribution in [0.15, 0.2) is 29.2 Å². The Labute approximate surface area is 120 Å². The Balaban J connectivity index is 2.07. The van der Waals surface area contributed by atoms with Gasteiger partial charge in [-0.05, 0) is 44.6 Å². The monoisotopic (exact) mass is 296 g/mol. The second-order valence-electron chi connectivity index (χ2n) is 5.39. The molecule has 20 heavy (non-hydrogen) atoms. The first kappa shape index (κ1) is 15.2. The first-order valence-corrected chi connectivity index (χ1v) is 8.14. The molecule has 5 nitrogen and oxygen atoms in total. The van der Waals surface area contributed by atoms with Crippen molar-refractivity contribution in [3.63, 3.8) is 0 Å². The predicted octanol–water partition coefficient (Wildman–Crippen LogP) is 0.800. The van der Waals surface area contributed by atoms with Crippen LogP contribution in [0.25, 0.3) is 0 Å². The maximum Gasteiger partial charge on any atom is 0.240 e. The molecule has 1 atom stereocenters. The summed E-state index contributed by atoms with van der Waals surface area (Å²) in [6.45, 7) is 3.16. The van der Waals surface area contributed by atoms with Crippen LogP contribution in [0.3, 0.4) is 0 Å². The predicted molar refractivity (Wildman–Crippen MR) is 77.1 cm³/mol. The van der Waals surface area contributed by atoms with E-state index in [1.54, 1.807) is 24.3 Å². The zero-order chi connectivity index (χ0) is 14.8. The van der Waals surface area contributed by atoms with Crippen molar-refractivity contribution in [2.75, 3.05) is 20.1 Å². The average molecular weight is 296 g/mol. The molecule has 0 radical (unpaired) electrons. The quantitative estimate of drug-likeness (QED) is 0.873. The zero-order valence-electron chi connectivity index (χ0n) is 11.8. The van der Waals surface area contributed by atoms with Gasteiger partial charge in [0.25, 0.3) is 0 Å². The number of nitrogens with zero attached hydrogens (tertiary/aromatic N) is 1. The molecule has 0 saturated carbocycles. The normalized spacial score (nSPS) is 20.2. The van der Waals surface area contributed by atoms with Crippen molar-refractivity contribution >= 4 is 15.8 Å². The number of nitrogens with one attached hydrogen (secondary N) is 1. The molecule has 0 aliphatic carbocycles. The van der Waals surface area contributed by atoms with E-state index in [1.807, 2.05) is 7.05 Å². The molecule has 1 aromatic carbocycles. The smallest absolute Gasteiger partial charge is 0.240 e. The third-order valence-electron chi connectivity index (χ3n) is 3.40. The van der Waals surface area contributed by atoms with Crippen LogP contribution in [0.4, 0.5) is 0 Å². The van der Waals surface area contributed by atoms with Gasteiger partial charge in [0.15, 0.2) is 0 Å². The summed E-state index contributed by atoms with van der Waals surface area (Å²) >= 11 is 0. The van der Waals surface area contributed by atoms with Gasteiger partial charge in [-0.25, -0.2) is 13.1 Å². The zero-order valence-corrected chi connectivity index (χ0v) is 12.6. The van der Waals surface area contributed by atoms with E-state index in [2.05, 4.69) is 9.62 Å². The van der Waals surface area contributed by atoms with E-state index in [0.717, 1.165) is 25.1 Å². The number of benzene rings is 1. The number of sulfonamides is 1. The molecule has 110 valence electrons. The summed E-state index contributed by atoms with van der Waals surface area (Å²) in [6.07, 6.45) is 1.17.